The number of hydrogen-bond donors (Lipinski definition) is 2. The number of halogens is 1. The second kappa shape index (κ2) is 11.9. The van der Waals surface area contributed by atoms with Crippen LogP contribution in [0.3, 0.4) is 0 Å². The summed E-state index contributed by atoms with van der Waals surface area (Å²) in [4.78, 5) is 14.8. The Kier molecular flexibility index (Phi) is 8.47. The number of nitrogens with one attached hydrogen (secondary N) is 1. The van der Waals surface area contributed by atoms with Crippen LogP contribution in [0, 0.1) is 0 Å². The van der Waals surface area contributed by atoms with Gasteiger partial charge in [0.25, 0.3) is 5.91 Å². The number of benzene rings is 3. The first-order valence-electron chi connectivity index (χ1n) is 11.5. The minimum atomic E-state index is -0.688. The van der Waals surface area contributed by atoms with Gasteiger partial charge in [-0.3, -0.25) is 9.69 Å². The zero-order valence-electron chi connectivity index (χ0n) is 19.5. The van der Waals surface area contributed by atoms with Crippen molar-refractivity contribution in [1.29, 1.82) is 0 Å². The fraction of sp³-hybridized carbons (Fsp3) is 0.296. The summed E-state index contributed by atoms with van der Waals surface area (Å²) < 4.78 is 17.1. The predicted molar refractivity (Wildman–Crippen MR) is 136 cm³/mol. The number of ether oxygens (including phenoxy) is 3. The number of likely N-dealkylation sites (tertiary alicyclic amines) is 1. The summed E-state index contributed by atoms with van der Waals surface area (Å²) in [5.41, 5.74) is 1.01. The maximum absolute atomic E-state index is 12.7. The number of aliphatic hydroxyl groups excluding tert-OH is 1. The van der Waals surface area contributed by atoms with E-state index >= 15 is 0 Å². The third-order valence-electron chi connectivity index (χ3n) is 5.71. The molecule has 0 spiro atoms. The van der Waals surface area contributed by atoms with Crippen molar-refractivity contribution >= 4 is 23.2 Å². The van der Waals surface area contributed by atoms with E-state index in [2.05, 4.69) is 10.2 Å². The van der Waals surface area contributed by atoms with Crippen LogP contribution in [-0.2, 0) is 0 Å². The number of anilines is 1. The highest BCUT2D eigenvalue weighted by Gasteiger charge is 2.26. The largest absolute Gasteiger partial charge is 0.497 e. The van der Waals surface area contributed by atoms with E-state index in [0.29, 0.717) is 34.3 Å². The van der Waals surface area contributed by atoms with Gasteiger partial charge in [0.05, 0.1) is 12.8 Å². The zero-order chi connectivity index (χ0) is 24.6. The van der Waals surface area contributed by atoms with Crippen LogP contribution < -0.4 is 19.5 Å². The standard InChI is InChI=1S/C27H29ClN2O5/c1-33-23-6-4-5-19(15-23)27(32)29-25-7-2-3-8-26(25)34-18-21(31)16-30-14-13-24(17-30)35-22-11-9-20(28)10-12-22/h2-12,15,21,24,31H,13-14,16-18H2,1H3,(H,29,32). The number of β-amino-alcohol motifs (C(OH)–C–C–N with tert-alkyl or cyclic N) is 1. The number of nitrogens with zero attached hydrogens (tertiary/aromatic N) is 1. The molecule has 1 fully saturated rings. The summed E-state index contributed by atoms with van der Waals surface area (Å²) in [5.74, 6) is 1.61. The van der Waals surface area contributed by atoms with E-state index in [9.17, 15) is 9.90 Å². The molecule has 3 aromatic carbocycles. The van der Waals surface area contributed by atoms with Crippen LogP contribution in [0.5, 0.6) is 17.2 Å². The summed E-state index contributed by atoms with van der Waals surface area (Å²) >= 11 is 5.93. The molecule has 1 amide bonds. The number of aliphatic hydroxyl groups is 1. The molecule has 0 bridgehead atoms. The average Bonchev–Trinajstić information content (AvgIpc) is 3.31. The van der Waals surface area contributed by atoms with Gasteiger partial charge in [-0.05, 0) is 61.0 Å². The molecule has 1 heterocycles. The van der Waals surface area contributed by atoms with E-state index in [4.69, 9.17) is 25.8 Å². The highest BCUT2D eigenvalue weighted by atomic mass is 35.5. The Bertz CT molecular complexity index is 1120. The lowest BCUT2D eigenvalue weighted by atomic mass is 10.2. The Labute approximate surface area is 210 Å². The molecule has 2 unspecified atom stereocenters. The normalized spacial score (nSPS) is 16.5. The van der Waals surface area contributed by atoms with Gasteiger partial charge in [-0.1, -0.05) is 29.8 Å². The van der Waals surface area contributed by atoms with E-state index in [1.807, 2.05) is 36.4 Å². The molecule has 7 nitrogen and oxygen atoms in total. The number of para-hydroxylation sites is 2. The first-order chi connectivity index (χ1) is 17.0. The molecule has 1 aliphatic heterocycles. The van der Waals surface area contributed by atoms with Gasteiger partial charge < -0.3 is 24.6 Å². The lowest BCUT2D eigenvalue weighted by Crippen LogP contribution is -2.35. The van der Waals surface area contributed by atoms with Gasteiger partial charge in [0, 0.05) is 30.2 Å². The molecule has 1 saturated heterocycles. The van der Waals surface area contributed by atoms with Crippen LogP contribution in [0.15, 0.2) is 72.8 Å². The molecule has 35 heavy (non-hydrogen) atoms. The first-order valence-corrected chi connectivity index (χ1v) is 11.9. The van der Waals surface area contributed by atoms with Crippen LogP contribution >= 0.6 is 11.6 Å². The van der Waals surface area contributed by atoms with Crippen LogP contribution in [0.2, 0.25) is 5.02 Å². The van der Waals surface area contributed by atoms with Gasteiger partial charge in [0.1, 0.15) is 36.1 Å². The highest BCUT2D eigenvalue weighted by Crippen LogP contribution is 2.26. The number of rotatable bonds is 10. The fourth-order valence-corrected chi connectivity index (χ4v) is 4.08. The second-order valence-electron chi connectivity index (χ2n) is 8.39. The van der Waals surface area contributed by atoms with Gasteiger partial charge in [0.2, 0.25) is 0 Å². The lowest BCUT2D eigenvalue weighted by Gasteiger charge is -2.21. The molecule has 3 aromatic rings. The van der Waals surface area contributed by atoms with Crippen molar-refractivity contribution in [2.45, 2.75) is 18.6 Å². The Balaban J connectivity index is 1.26. The van der Waals surface area contributed by atoms with Gasteiger partial charge in [-0.2, -0.15) is 0 Å². The Morgan fingerprint density at radius 2 is 1.91 bits per heavy atom. The quantitative estimate of drug-likeness (QED) is 0.430. The van der Waals surface area contributed by atoms with Crippen molar-refractivity contribution in [2.75, 3.05) is 38.7 Å². The molecule has 0 saturated carbocycles. The minimum absolute atomic E-state index is 0.0665. The van der Waals surface area contributed by atoms with Gasteiger partial charge in [-0.25, -0.2) is 0 Å². The van der Waals surface area contributed by atoms with E-state index in [-0.39, 0.29) is 18.6 Å². The third kappa shape index (κ3) is 7.11. The molecule has 8 heteroatoms. The van der Waals surface area contributed by atoms with E-state index in [1.165, 1.54) is 0 Å². The number of methoxy groups -OCH3 is 1. The van der Waals surface area contributed by atoms with Crippen LogP contribution in [0.4, 0.5) is 5.69 Å². The van der Waals surface area contributed by atoms with E-state index < -0.39 is 6.10 Å². The lowest BCUT2D eigenvalue weighted by molar-refractivity contribution is 0.0722. The molecule has 0 aromatic heterocycles. The number of hydrogen-bond acceptors (Lipinski definition) is 6. The number of carbonyl (C=O) groups is 1. The molecule has 2 N–H and O–H groups in total. The molecular weight excluding hydrogens is 468 g/mol. The van der Waals surface area contributed by atoms with Gasteiger partial charge in [0.15, 0.2) is 0 Å². The Morgan fingerprint density at radius 1 is 1.11 bits per heavy atom. The summed E-state index contributed by atoms with van der Waals surface area (Å²) in [5, 5.41) is 14.1. The summed E-state index contributed by atoms with van der Waals surface area (Å²) in [7, 11) is 1.56. The molecule has 0 radical (unpaired) electrons. The molecular formula is C27H29ClN2O5. The zero-order valence-corrected chi connectivity index (χ0v) is 20.3. The van der Waals surface area contributed by atoms with Crippen molar-refractivity contribution < 1.29 is 24.1 Å². The molecule has 2 atom stereocenters. The van der Waals surface area contributed by atoms with Crippen molar-refractivity contribution in [2.24, 2.45) is 0 Å². The maximum Gasteiger partial charge on any atom is 0.255 e. The topological polar surface area (TPSA) is 80.3 Å². The third-order valence-corrected chi connectivity index (χ3v) is 5.96. The van der Waals surface area contributed by atoms with E-state index in [1.54, 1.807) is 43.5 Å². The highest BCUT2D eigenvalue weighted by molar-refractivity contribution is 6.30. The minimum Gasteiger partial charge on any atom is -0.497 e. The number of carbonyl (C=O) groups excluding carboxylic acids is 1. The molecule has 184 valence electrons. The van der Waals surface area contributed by atoms with Crippen molar-refractivity contribution in [3.63, 3.8) is 0 Å². The van der Waals surface area contributed by atoms with Crippen LogP contribution in [0.1, 0.15) is 16.8 Å². The second-order valence-corrected chi connectivity index (χ2v) is 8.83. The molecule has 0 aliphatic carbocycles. The smallest absolute Gasteiger partial charge is 0.255 e. The van der Waals surface area contributed by atoms with Crippen molar-refractivity contribution in [1.82, 2.24) is 4.90 Å². The van der Waals surface area contributed by atoms with Crippen molar-refractivity contribution in [3.05, 3.63) is 83.4 Å². The van der Waals surface area contributed by atoms with Crippen LogP contribution in [0.25, 0.3) is 0 Å². The van der Waals surface area contributed by atoms with Crippen molar-refractivity contribution in [3.8, 4) is 17.2 Å². The summed E-state index contributed by atoms with van der Waals surface area (Å²) in [6, 6.07) is 21.4. The van der Waals surface area contributed by atoms with Gasteiger partial charge in [-0.15, -0.1) is 0 Å². The molecule has 4 rings (SSSR count). The predicted octanol–water partition coefficient (Wildman–Crippen LogP) is 4.49. The van der Waals surface area contributed by atoms with Crippen LogP contribution in [-0.4, -0.2) is 61.5 Å². The summed E-state index contributed by atoms with van der Waals surface area (Å²) in [6.07, 6.45) is 0.262. The maximum atomic E-state index is 12.7. The average molecular weight is 497 g/mol. The monoisotopic (exact) mass is 496 g/mol. The molecule has 1 aliphatic rings. The Hall–Kier alpha value is -3.26. The van der Waals surface area contributed by atoms with Gasteiger partial charge >= 0.3 is 0 Å². The first kappa shape index (κ1) is 24.9. The van der Waals surface area contributed by atoms with E-state index in [0.717, 1.165) is 25.3 Å². The summed E-state index contributed by atoms with van der Waals surface area (Å²) in [6.45, 7) is 2.14. The fourth-order valence-electron chi connectivity index (χ4n) is 3.96. The SMILES string of the molecule is COc1cccc(C(=O)Nc2ccccc2OCC(O)CN2CCC(Oc3ccc(Cl)cc3)C2)c1. The Morgan fingerprint density at radius 3 is 2.71 bits per heavy atom. The number of amides is 1.